The number of pyridine rings is 1. The van der Waals surface area contributed by atoms with Crippen LogP contribution >= 0.6 is 0 Å². The fourth-order valence-electron chi connectivity index (χ4n) is 2.90. The molecule has 1 aromatic carbocycles. The third-order valence-corrected chi connectivity index (χ3v) is 4.28. The van der Waals surface area contributed by atoms with Gasteiger partial charge in [0.25, 0.3) is 0 Å². The van der Waals surface area contributed by atoms with Crippen LogP contribution in [0.2, 0.25) is 0 Å². The summed E-state index contributed by atoms with van der Waals surface area (Å²) < 4.78 is 16.0. The van der Waals surface area contributed by atoms with Crippen molar-refractivity contribution in [3.8, 4) is 17.0 Å². The van der Waals surface area contributed by atoms with Crippen LogP contribution in [0, 0.1) is 0 Å². The second-order valence-electron chi connectivity index (χ2n) is 7.96. The van der Waals surface area contributed by atoms with Gasteiger partial charge in [-0.15, -0.1) is 0 Å². The Labute approximate surface area is 192 Å². The summed E-state index contributed by atoms with van der Waals surface area (Å²) in [4.78, 5) is 39.5. The van der Waals surface area contributed by atoms with Gasteiger partial charge in [-0.05, 0) is 45.9 Å². The molecule has 2 aromatic heterocycles. The number of ether oxygens (including phenoxy) is 3. The SMILES string of the molecule is CCOC(=O)c1cncc(-c2cncc(N(C(=O)OC(C)(C)C)c3cccc(OC)c3)n2)c1. The molecule has 0 spiro atoms. The molecular formula is C24H26N4O5. The van der Waals surface area contributed by atoms with Gasteiger partial charge in [-0.3, -0.25) is 9.97 Å². The predicted octanol–water partition coefficient (Wildman–Crippen LogP) is 4.80. The fourth-order valence-corrected chi connectivity index (χ4v) is 2.90. The van der Waals surface area contributed by atoms with E-state index < -0.39 is 17.7 Å². The van der Waals surface area contributed by atoms with E-state index in [0.717, 1.165) is 0 Å². The minimum atomic E-state index is -0.725. The highest BCUT2D eigenvalue weighted by Gasteiger charge is 2.27. The second-order valence-corrected chi connectivity index (χ2v) is 7.96. The van der Waals surface area contributed by atoms with Crippen molar-refractivity contribution in [1.82, 2.24) is 15.0 Å². The summed E-state index contributed by atoms with van der Waals surface area (Å²) in [5, 5.41) is 0. The first-order valence-corrected chi connectivity index (χ1v) is 10.3. The number of rotatable bonds is 6. The van der Waals surface area contributed by atoms with E-state index in [1.807, 2.05) is 0 Å². The molecule has 0 radical (unpaired) electrons. The maximum atomic E-state index is 13.1. The summed E-state index contributed by atoms with van der Waals surface area (Å²) in [5.41, 5.74) is 1.02. The number of esters is 1. The number of anilines is 2. The lowest BCUT2D eigenvalue weighted by Crippen LogP contribution is -2.34. The van der Waals surface area contributed by atoms with Crippen molar-refractivity contribution >= 4 is 23.6 Å². The average Bonchev–Trinajstić information content (AvgIpc) is 2.78. The van der Waals surface area contributed by atoms with E-state index in [1.165, 1.54) is 23.5 Å². The summed E-state index contributed by atoms with van der Waals surface area (Å²) in [5.74, 6) is 0.316. The Bertz CT molecular complexity index is 1140. The molecule has 0 aliphatic heterocycles. The maximum absolute atomic E-state index is 13.1. The zero-order valence-corrected chi connectivity index (χ0v) is 19.2. The van der Waals surface area contributed by atoms with Gasteiger partial charge in [-0.25, -0.2) is 19.5 Å². The molecule has 0 saturated heterocycles. The van der Waals surface area contributed by atoms with Crippen LogP contribution in [0.4, 0.5) is 16.3 Å². The Morgan fingerprint density at radius 3 is 2.48 bits per heavy atom. The topological polar surface area (TPSA) is 104 Å². The van der Waals surface area contributed by atoms with Crippen molar-refractivity contribution in [2.75, 3.05) is 18.6 Å². The molecule has 0 saturated carbocycles. The van der Waals surface area contributed by atoms with E-state index >= 15 is 0 Å². The molecule has 2 heterocycles. The molecule has 0 N–H and O–H groups in total. The lowest BCUT2D eigenvalue weighted by atomic mass is 10.1. The van der Waals surface area contributed by atoms with Gasteiger partial charge in [0.1, 0.15) is 11.4 Å². The van der Waals surface area contributed by atoms with Crippen LogP contribution in [0.3, 0.4) is 0 Å². The summed E-state index contributed by atoms with van der Waals surface area (Å²) >= 11 is 0. The van der Waals surface area contributed by atoms with Crippen molar-refractivity contribution in [3.63, 3.8) is 0 Å². The van der Waals surface area contributed by atoms with Crippen LogP contribution in [0.5, 0.6) is 5.75 Å². The first-order valence-electron chi connectivity index (χ1n) is 10.3. The molecule has 9 nitrogen and oxygen atoms in total. The van der Waals surface area contributed by atoms with Gasteiger partial charge in [0.2, 0.25) is 0 Å². The number of amides is 1. The highest BCUT2D eigenvalue weighted by molar-refractivity contribution is 5.95. The molecule has 9 heteroatoms. The molecule has 0 fully saturated rings. The Hall–Kier alpha value is -4.01. The van der Waals surface area contributed by atoms with Gasteiger partial charge in [0, 0.05) is 24.0 Å². The molecule has 3 rings (SSSR count). The van der Waals surface area contributed by atoms with Crippen molar-refractivity contribution in [2.24, 2.45) is 0 Å². The third kappa shape index (κ3) is 6.03. The third-order valence-electron chi connectivity index (χ3n) is 4.28. The Morgan fingerprint density at radius 1 is 1.03 bits per heavy atom. The lowest BCUT2D eigenvalue weighted by molar-refractivity contribution is 0.0524. The van der Waals surface area contributed by atoms with Gasteiger partial charge < -0.3 is 14.2 Å². The minimum Gasteiger partial charge on any atom is -0.497 e. The van der Waals surface area contributed by atoms with E-state index in [9.17, 15) is 9.59 Å². The number of hydrogen-bond donors (Lipinski definition) is 0. The number of methoxy groups -OCH3 is 1. The molecule has 3 aromatic rings. The first kappa shape index (κ1) is 23.6. The molecule has 33 heavy (non-hydrogen) atoms. The van der Waals surface area contributed by atoms with Gasteiger partial charge in [-0.1, -0.05) is 6.07 Å². The molecule has 172 valence electrons. The van der Waals surface area contributed by atoms with Crippen LogP contribution in [0.25, 0.3) is 11.3 Å². The average molecular weight is 450 g/mol. The Morgan fingerprint density at radius 2 is 1.79 bits per heavy atom. The highest BCUT2D eigenvalue weighted by Crippen LogP contribution is 2.30. The van der Waals surface area contributed by atoms with Crippen LogP contribution in [-0.2, 0) is 9.47 Å². The summed E-state index contributed by atoms with van der Waals surface area (Å²) in [6.07, 6.45) is 5.33. The highest BCUT2D eigenvalue weighted by atomic mass is 16.6. The van der Waals surface area contributed by atoms with Crippen LogP contribution in [0.15, 0.2) is 55.1 Å². The van der Waals surface area contributed by atoms with Gasteiger partial charge >= 0.3 is 12.1 Å². The molecule has 0 unspecified atom stereocenters. The molecule has 0 atom stereocenters. The van der Waals surface area contributed by atoms with E-state index in [4.69, 9.17) is 14.2 Å². The van der Waals surface area contributed by atoms with Gasteiger partial charge in [0.15, 0.2) is 5.82 Å². The van der Waals surface area contributed by atoms with Crippen LogP contribution in [-0.4, -0.2) is 46.3 Å². The largest absolute Gasteiger partial charge is 0.497 e. The van der Waals surface area contributed by atoms with E-state index in [-0.39, 0.29) is 12.4 Å². The summed E-state index contributed by atoms with van der Waals surface area (Å²) in [6, 6.07) is 8.58. The standard InChI is InChI=1S/C24H26N4O5/c1-6-32-22(29)17-10-16(12-25-13-17)20-14-26-15-21(27-20)28(23(30)33-24(2,3)4)18-8-7-9-19(11-18)31-5/h7-15H,6H2,1-5H3. The van der Waals surface area contributed by atoms with Crippen molar-refractivity contribution in [2.45, 2.75) is 33.3 Å². The van der Waals surface area contributed by atoms with Gasteiger partial charge in [-0.2, -0.15) is 0 Å². The monoisotopic (exact) mass is 450 g/mol. The molecule has 0 aliphatic carbocycles. The van der Waals surface area contributed by atoms with Crippen LogP contribution in [0.1, 0.15) is 38.1 Å². The number of benzene rings is 1. The number of carbonyl (C=O) groups excluding carboxylic acids is 2. The second kappa shape index (κ2) is 10.1. The van der Waals surface area contributed by atoms with Crippen molar-refractivity contribution < 1.29 is 23.8 Å². The molecule has 1 amide bonds. The first-order chi connectivity index (χ1) is 15.7. The predicted molar refractivity (Wildman–Crippen MR) is 123 cm³/mol. The van der Waals surface area contributed by atoms with Crippen molar-refractivity contribution in [3.05, 3.63) is 60.7 Å². The number of carbonyl (C=O) groups is 2. The lowest BCUT2D eigenvalue weighted by Gasteiger charge is -2.27. The van der Waals surface area contributed by atoms with E-state index in [0.29, 0.717) is 28.3 Å². The Balaban J connectivity index is 2.05. The molecule has 0 aliphatic rings. The van der Waals surface area contributed by atoms with E-state index in [1.54, 1.807) is 71.3 Å². The van der Waals surface area contributed by atoms with E-state index in [2.05, 4.69) is 15.0 Å². The van der Waals surface area contributed by atoms with Gasteiger partial charge in [0.05, 0.1) is 43.1 Å². The fraction of sp³-hybridized carbons (Fsp3) is 0.292. The summed E-state index contributed by atoms with van der Waals surface area (Å²) in [6.45, 7) is 7.33. The number of hydrogen-bond acceptors (Lipinski definition) is 8. The van der Waals surface area contributed by atoms with Crippen LogP contribution < -0.4 is 9.64 Å². The zero-order valence-electron chi connectivity index (χ0n) is 19.2. The smallest absolute Gasteiger partial charge is 0.420 e. The van der Waals surface area contributed by atoms with Crippen molar-refractivity contribution in [1.29, 1.82) is 0 Å². The maximum Gasteiger partial charge on any atom is 0.420 e. The summed E-state index contributed by atoms with van der Waals surface area (Å²) in [7, 11) is 1.54. The zero-order chi connectivity index (χ0) is 24.0. The molecular weight excluding hydrogens is 424 g/mol. The Kier molecular flexibility index (Phi) is 7.22. The minimum absolute atomic E-state index is 0.233. The normalized spacial score (nSPS) is 10.9. The quantitative estimate of drug-likeness (QED) is 0.494. The number of nitrogens with zero attached hydrogens (tertiary/aromatic N) is 4. The number of aromatic nitrogens is 3. The molecule has 0 bridgehead atoms.